The molecule has 15 heavy (non-hydrogen) atoms. The zero-order valence-electron chi connectivity index (χ0n) is 9.03. The summed E-state index contributed by atoms with van der Waals surface area (Å²) in [6.07, 6.45) is 1.50. The third kappa shape index (κ3) is 2.58. The molecule has 0 heterocycles. The Balaban J connectivity index is 3.15. The van der Waals surface area contributed by atoms with E-state index in [9.17, 15) is 4.79 Å². The molecule has 80 valence electrons. The van der Waals surface area contributed by atoms with Gasteiger partial charge in [-0.3, -0.25) is 0 Å². The van der Waals surface area contributed by atoms with Gasteiger partial charge in [-0.1, -0.05) is 0 Å². The molecule has 4 nitrogen and oxygen atoms in total. The molecule has 0 bridgehead atoms. The highest BCUT2D eigenvalue weighted by Gasteiger charge is 2.07. The zero-order chi connectivity index (χ0) is 11.3. The van der Waals surface area contributed by atoms with E-state index in [1.165, 1.54) is 6.08 Å². The van der Waals surface area contributed by atoms with E-state index in [4.69, 9.17) is 9.47 Å². The summed E-state index contributed by atoms with van der Waals surface area (Å²) in [7, 11) is 3.18. The van der Waals surface area contributed by atoms with Crippen molar-refractivity contribution >= 4 is 6.08 Å². The second-order valence-corrected chi connectivity index (χ2v) is 3.04. The Hall–Kier alpha value is -1.80. The fourth-order valence-electron chi connectivity index (χ4n) is 1.35. The molecule has 0 fully saturated rings. The second-order valence-electron chi connectivity index (χ2n) is 3.04. The van der Waals surface area contributed by atoms with Gasteiger partial charge in [-0.25, -0.2) is 9.79 Å². The van der Waals surface area contributed by atoms with Crippen molar-refractivity contribution < 1.29 is 14.3 Å². The van der Waals surface area contributed by atoms with Crippen LogP contribution in [0.15, 0.2) is 17.1 Å². The first-order valence-corrected chi connectivity index (χ1v) is 4.48. The summed E-state index contributed by atoms with van der Waals surface area (Å²) in [6, 6.07) is 3.67. The number of aryl methyl sites for hydroxylation is 1. The molecule has 0 aliphatic heterocycles. The van der Waals surface area contributed by atoms with Crippen molar-refractivity contribution in [2.24, 2.45) is 4.99 Å². The molecule has 1 aromatic rings. The number of ether oxygens (including phenoxy) is 2. The second kappa shape index (κ2) is 5.17. The van der Waals surface area contributed by atoms with E-state index in [-0.39, 0.29) is 6.54 Å². The topological polar surface area (TPSA) is 47.9 Å². The number of benzene rings is 1. The quantitative estimate of drug-likeness (QED) is 0.559. The number of methoxy groups -OCH3 is 2. The molecule has 1 aromatic carbocycles. The van der Waals surface area contributed by atoms with Crippen LogP contribution < -0.4 is 9.47 Å². The van der Waals surface area contributed by atoms with E-state index in [1.807, 2.05) is 19.1 Å². The van der Waals surface area contributed by atoms with Crippen LogP contribution in [0.2, 0.25) is 0 Å². The molecule has 0 atom stereocenters. The standard InChI is InChI=1S/C11H13NO3/c1-8-4-11(15-3)9(6-12-7-13)5-10(8)14-2/h4-5H,6H2,1-3H3. The van der Waals surface area contributed by atoms with E-state index >= 15 is 0 Å². The molecular weight excluding hydrogens is 194 g/mol. The number of nitrogens with zero attached hydrogens (tertiary/aromatic N) is 1. The fourth-order valence-corrected chi connectivity index (χ4v) is 1.35. The van der Waals surface area contributed by atoms with Crippen LogP contribution in [-0.4, -0.2) is 20.3 Å². The molecule has 1 rings (SSSR count). The van der Waals surface area contributed by atoms with Gasteiger partial charge in [0.15, 0.2) is 0 Å². The maximum Gasteiger partial charge on any atom is 0.235 e. The number of hydrogen-bond donors (Lipinski definition) is 0. The van der Waals surface area contributed by atoms with Crippen LogP contribution in [0.5, 0.6) is 11.5 Å². The Bertz CT molecular complexity index is 395. The minimum atomic E-state index is 0.253. The minimum absolute atomic E-state index is 0.253. The summed E-state index contributed by atoms with van der Waals surface area (Å²) in [4.78, 5) is 13.6. The SMILES string of the molecule is COc1cc(CN=C=O)c(OC)cc1C. The molecule has 0 saturated carbocycles. The normalized spacial score (nSPS) is 9.27. The van der Waals surface area contributed by atoms with Crippen LogP contribution in [0.25, 0.3) is 0 Å². The van der Waals surface area contributed by atoms with Gasteiger partial charge in [-0.05, 0) is 24.6 Å². The van der Waals surface area contributed by atoms with Crippen LogP contribution in [0.1, 0.15) is 11.1 Å². The van der Waals surface area contributed by atoms with Gasteiger partial charge in [0, 0.05) is 5.56 Å². The number of aliphatic imine (C=N–C) groups is 1. The average molecular weight is 207 g/mol. The molecule has 0 saturated heterocycles. The van der Waals surface area contributed by atoms with E-state index in [2.05, 4.69) is 4.99 Å². The number of isocyanates is 1. The lowest BCUT2D eigenvalue weighted by Gasteiger charge is -2.11. The van der Waals surface area contributed by atoms with Crippen LogP contribution in [0.3, 0.4) is 0 Å². The first-order chi connectivity index (χ1) is 7.22. The van der Waals surface area contributed by atoms with Gasteiger partial charge in [-0.2, -0.15) is 0 Å². The van der Waals surface area contributed by atoms with Crippen molar-refractivity contribution in [3.63, 3.8) is 0 Å². The molecule has 0 N–H and O–H groups in total. The summed E-state index contributed by atoms with van der Waals surface area (Å²) < 4.78 is 10.3. The van der Waals surface area contributed by atoms with Gasteiger partial charge in [0.1, 0.15) is 11.5 Å². The number of carbonyl (C=O) groups excluding carboxylic acids is 1. The molecule has 0 unspecified atom stereocenters. The Morgan fingerprint density at radius 3 is 2.47 bits per heavy atom. The Morgan fingerprint density at radius 2 is 1.93 bits per heavy atom. The van der Waals surface area contributed by atoms with Crippen molar-refractivity contribution in [1.82, 2.24) is 0 Å². The zero-order valence-corrected chi connectivity index (χ0v) is 9.03. The minimum Gasteiger partial charge on any atom is -0.496 e. The van der Waals surface area contributed by atoms with E-state index < -0.39 is 0 Å². The first kappa shape index (κ1) is 11.3. The largest absolute Gasteiger partial charge is 0.496 e. The highest BCUT2D eigenvalue weighted by atomic mass is 16.5. The molecule has 0 aromatic heterocycles. The van der Waals surface area contributed by atoms with E-state index in [0.717, 1.165) is 16.9 Å². The maximum absolute atomic E-state index is 10.0. The molecule has 0 radical (unpaired) electrons. The van der Waals surface area contributed by atoms with Gasteiger partial charge < -0.3 is 9.47 Å². The summed E-state index contributed by atoms with van der Waals surface area (Å²) >= 11 is 0. The third-order valence-electron chi connectivity index (χ3n) is 2.11. The van der Waals surface area contributed by atoms with Gasteiger partial charge in [0.25, 0.3) is 0 Å². The Labute approximate surface area is 88.5 Å². The van der Waals surface area contributed by atoms with Crippen molar-refractivity contribution in [3.05, 3.63) is 23.3 Å². The van der Waals surface area contributed by atoms with Crippen molar-refractivity contribution in [2.75, 3.05) is 14.2 Å². The molecule has 0 amide bonds. The van der Waals surface area contributed by atoms with Crippen molar-refractivity contribution in [2.45, 2.75) is 13.5 Å². The average Bonchev–Trinajstić information content (AvgIpc) is 2.26. The molecular formula is C11H13NO3. The lowest BCUT2D eigenvalue weighted by atomic mass is 10.1. The fraction of sp³-hybridized carbons (Fsp3) is 0.364. The Morgan fingerprint density at radius 1 is 1.27 bits per heavy atom. The molecule has 0 spiro atoms. The number of rotatable bonds is 4. The highest BCUT2D eigenvalue weighted by Crippen LogP contribution is 2.28. The van der Waals surface area contributed by atoms with Gasteiger partial charge in [-0.15, -0.1) is 0 Å². The van der Waals surface area contributed by atoms with Crippen LogP contribution in [-0.2, 0) is 11.3 Å². The Kier molecular flexibility index (Phi) is 3.89. The van der Waals surface area contributed by atoms with Crippen molar-refractivity contribution in [1.29, 1.82) is 0 Å². The highest BCUT2D eigenvalue weighted by molar-refractivity contribution is 5.46. The monoisotopic (exact) mass is 207 g/mol. The lowest BCUT2D eigenvalue weighted by Crippen LogP contribution is -1.95. The summed E-state index contributed by atoms with van der Waals surface area (Å²) in [6.45, 7) is 2.18. The van der Waals surface area contributed by atoms with Gasteiger partial charge >= 0.3 is 0 Å². The van der Waals surface area contributed by atoms with Gasteiger partial charge in [0.2, 0.25) is 6.08 Å². The van der Waals surface area contributed by atoms with Crippen LogP contribution in [0.4, 0.5) is 0 Å². The smallest absolute Gasteiger partial charge is 0.235 e. The van der Waals surface area contributed by atoms with Gasteiger partial charge in [0.05, 0.1) is 20.8 Å². The van der Waals surface area contributed by atoms with E-state index in [0.29, 0.717) is 5.75 Å². The van der Waals surface area contributed by atoms with Crippen LogP contribution in [0, 0.1) is 6.92 Å². The number of hydrogen-bond acceptors (Lipinski definition) is 4. The van der Waals surface area contributed by atoms with Crippen molar-refractivity contribution in [3.8, 4) is 11.5 Å². The van der Waals surface area contributed by atoms with E-state index in [1.54, 1.807) is 14.2 Å². The summed E-state index contributed by atoms with van der Waals surface area (Å²) in [5, 5.41) is 0. The third-order valence-corrected chi connectivity index (χ3v) is 2.11. The summed E-state index contributed by atoms with van der Waals surface area (Å²) in [5.74, 6) is 1.46. The molecule has 0 aliphatic carbocycles. The molecule has 0 aliphatic rings. The maximum atomic E-state index is 10.0. The summed E-state index contributed by atoms with van der Waals surface area (Å²) in [5.41, 5.74) is 1.79. The predicted molar refractivity (Wildman–Crippen MR) is 56.1 cm³/mol. The first-order valence-electron chi connectivity index (χ1n) is 4.48. The van der Waals surface area contributed by atoms with Crippen LogP contribution >= 0.6 is 0 Å². The lowest BCUT2D eigenvalue weighted by molar-refractivity contribution is 0.396. The predicted octanol–water partition coefficient (Wildman–Crippen LogP) is 1.85. The molecule has 4 heteroatoms.